The van der Waals surface area contributed by atoms with Crippen molar-refractivity contribution in [1.82, 2.24) is 20.3 Å². The van der Waals surface area contributed by atoms with Crippen molar-refractivity contribution >= 4 is 0 Å². The minimum Gasteiger partial charge on any atom is -0.494 e. The Morgan fingerprint density at radius 3 is 2.57 bits per heavy atom. The van der Waals surface area contributed by atoms with Gasteiger partial charge in [0.2, 0.25) is 5.82 Å². The zero-order valence-corrected chi connectivity index (χ0v) is 11.3. The van der Waals surface area contributed by atoms with Crippen LogP contribution >= 0.6 is 0 Å². The van der Waals surface area contributed by atoms with Gasteiger partial charge in [-0.15, -0.1) is 0 Å². The highest BCUT2D eigenvalue weighted by atomic mass is 19.1. The number of methoxy groups -OCH3 is 1. The van der Waals surface area contributed by atoms with E-state index >= 15 is 0 Å². The molecule has 0 aliphatic rings. The van der Waals surface area contributed by atoms with E-state index in [1.54, 1.807) is 6.07 Å². The van der Waals surface area contributed by atoms with Crippen LogP contribution in [0.5, 0.6) is 5.75 Å². The molecule has 0 aliphatic carbocycles. The molecule has 2 aromatic heterocycles. The van der Waals surface area contributed by atoms with Gasteiger partial charge in [0.25, 0.3) is 0 Å². The molecule has 8 heteroatoms. The van der Waals surface area contributed by atoms with Crippen molar-refractivity contribution in [3.63, 3.8) is 0 Å². The van der Waals surface area contributed by atoms with Gasteiger partial charge in [0, 0.05) is 12.0 Å². The average molecular weight is 290 g/mol. The molecule has 2 heterocycles. The summed E-state index contributed by atoms with van der Waals surface area (Å²) in [6.45, 7) is 1.90. The predicted molar refractivity (Wildman–Crippen MR) is 68.9 cm³/mol. The van der Waals surface area contributed by atoms with E-state index in [0.717, 1.165) is 0 Å². The summed E-state index contributed by atoms with van der Waals surface area (Å²) in [5, 5.41) is 7.51. The van der Waals surface area contributed by atoms with E-state index in [1.165, 1.54) is 19.2 Å². The highest BCUT2D eigenvalue weighted by molar-refractivity contribution is 5.57. The number of hydrogen-bond acceptors (Lipinski definition) is 7. The molecule has 0 bridgehead atoms. The summed E-state index contributed by atoms with van der Waals surface area (Å²) in [7, 11) is 1.39. The summed E-state index contributed by atoms with van der Waals surface area (Å²) in [5.74, 6) is 0.635. The lowest BCUT2D eigenvalue weighted by Gasteiger charge is -2.01. The fourth-order valence-corrected chi connectivity index (χ4v) is 1.72. The molecule has 0 aliphatic heterocycles. The quantitative estimate of drug-likeness (QED) is 0.729. The molecular weight excluding hydrogens is 279 g/mol. The lowest BCUT2D eigenvalue weighted by atomic mass is 10.2. The molecule has 0 saturated carbocycles. The smallest absolute Gasteiger partial charge is 0.316 e. The fraction of sp³-hybridized carbons (Fsp3) is 0.231. The van der Waals surface area contributed by atoms with Crippen molar-refractivity contribution < 1.29 is 18.2 Å². The molecule has 1 aromatic carbocycles. The maximum atomic E-state index is 13.7. The molecule has 0 unspecified atom stereocenters. The van der Waals surface area contributed by atoms with Crippen LogP contribution in [0.25, 0.3) is 23.2 Å². The normalized spacial score (nSPS) is 10.8. The zero-order chi connectivity index (χ0) is 14.8. The van der Waals surface area contributed by atoms with Crippen LogP contribution in [0.4, 0.5) is 4.39 Å². The molecule has 0 amide bonds. The lowest BCUT2D eigenvalue weighted by Crippen LogP contribution is -1.89. The van der Waals surface area contributed by atoms with E-state index in [-0.39, 0.29) is 23.4 Å². The van der Waals surface area contributed by atoms with Gasteiger partial charge in [0.05, 0.1) is 7.11 Å². The Kier molecular flexibility index (Phi) is 3.35. The van der Waals surface area contributed by atoms with Crippen LogP contribution < -0.4 is 4.74 Å². The van der Waals surface area contributed by atoms with E-state index in [0.29, 0.717) is 17.8 Å². The third-order valence-corrected chi connectivity index (χ3v) is 2.80. The molecule has 3 aromatic rings. The maximum Gasteiger partial charge on any atom is 0.316 e. The van der Waals surface area contributed by atoms with Gasteiger partial charge in [0.1, 0.15) is 0 Å². The fourth-order valence-electron chi connectivity index (χ4n) is 1.72. The Morgan fingerprint density at radius 2 is 1.90 bits per heavy atom. The van der Waals surface area contributed by atoms with Crippen molar-refractivity contribution in [3.8, 4) is 28.9 Å². The number of halogens is 1. The second kappa shape index (κ2) is 5.31. The Hall–Kier alpha value is -2.77. The molecule has 0 saturated heterocycles. The summed E-state index contributed by atoms with van der Waals surface area (Å²) in [6, 6.07) is 4.38. The van der Waals surface area contributed by atoms with Gasteiger partial charge in [-0.3, -0.25) is 0 Å². The van der Waals surface area contributed by atoms with E-state index in [2.05, 4.69) is 20.3 Å². The van der Waals surface area contributed by atoms with E-state index in [1.807, 2.05) is 6.92 Å². The molecule has 21 heavy (non-hydrogen) atoms. The van der Waals surface area contributed by atoms with Crippen LogP contribution in [0.3, 0.4) is 0 Å². The molecule has 0 N–H and O–H groups in total. The number of ether oxygens (including phenoxy) is 1. The van der Waals surface area contributed by atoms with E-state index in [4.69, 9.17) is 13.8 Å². The first kappa shape index (κ1) is 13.2. The van der Waals surface area contributed by atoms with Crippen molar-refractivity contribution in [2.75, 3.05) is 7.11 Å². The first-order valence-electron chi connectivity index (χ1n) is 6.22. The molecular formula is C13H11FN4O3. The summed E-state index contributed by atoms with van der Waals surface area (Å²) in [5.41, 5.74) is 0.457. The monoisotopic (exact) mass is 290 g/mol. The van der Waals surface area contributed by atoms with Crippen LogP contribution in [0.15, 0.2) is 27.2 Å². The zero-order valence-electron chi connectivity index (χ0n) is 11.3. The summed E-state index contributed by atoms with van der Waals surface area (Å²) < 4.78 is 28.6. The number of aromatic nitrogens is 4. The van der Waals surface area contributed by atoms with Gasteiger partial charge in [-0.05, 0) is 18.2 Å². The summed E-state index contributed by atoms with van der Waals surface area (Å²) >= 11 is 0. The number of hydrogen-bond donors (Lipinski definition) is 0. The first-order valence-corrected chi connectivity index (χ1v) is 6.22. The van der Waals surface area contributed by atoms with Gasteiger partial charge in [-0.2, -0.15) is 9.97 Å². The molecule has 3 rings (SSSR count). The minimum atomic E-state index is -0.507. The Balaban J connectivity index is 1.92. The molecule has 7 nitrogen and oxygen atoms in total. The van der Waals surface area contributed by atoms with Crippen LogP contribution in [-0.2, 0) is 6.42 Å². The Labute approximate surface area is 118 Å². The van der Waals surface area contributed by atoms with Crippen LogP contribution in [0.1, 0.15) is 12.7 Å². The molecule has 0 spiro atoms. The second-order valence-corrected chi connectivity index (χ2v) is 4.14. The Bertz CT molecular complexity index is 768. The van der Waals surface area contributed by atoms with E-state index in [9.17, 15) is 4.39 Å². The van der Waals surface area contributed by atoms with Crippen molar-refractivity contribution in [1.29, 1.82) is 0 Å². The third kappa shape index (κ3) is 2.47. The first-order chi connectivity index (χ1) is 10.2. The van der Waals surface area contributed by atoms with Crippen molar-refractivity contribution in [2.45, 2.75) is 13.3 Å². The largest absolute Gasteiger partial charge is 0.494 e. The van der Waals surface area contributed by atoms with Gasteiger partial charge < -0.3 is 13.8 Å². The minimum absolute atomic E-state index is 0.0911. The topological polar surface area (TPSA) is 87.1 Å². The maximum absolute atomic E-state index is 13.7. The Morgan fingerprint density at radius 1 is 1.14 bits per heavy atom. The van der Waals surface area contributed by atoms with Crippen molar-refractivity contribution in [3.05, 3.63) is 29.8 Å². The number of aryl methyl sites for hydroxylation is 1. The third-order valence-electron chi connectivity index (χ3n) is 2.80. The summed E-state index contributed by atoms with van der Waals surface area (Å²) in [6.07, 6.45) is 0.633. The second-order valence-electron chi connectivity index (χ2n) is 4.14. The predicted octanol–water partition coefficient (Wildman–Crippen LogP) is 2.50. The van der Waals surface area contributed by atoms with Gasteiger partial charge in [0.15, 0.2) is 17.4 Å². The van der Waals surface area contributed by atoms with Crippen LogP contribution in [0.2, 0.25) is 0 Å². The van der Waals surface area contributed by atoms with Gasteiger partial charge in [-0.25, -0.2) is 4.39 Å². The number of rotatable bonds is 4. The molecule has 0 atom stereocenters. The van der Waals surface area contributed by atoms with Crippen LogP contribution in [0, 0.1) is 5.82 Å². The highest BCUT2D eigenvalue weighted by Crippen LogP contribution is 2.25. The number of benzene rings is 1. The number of nitrogens with zero attached hydrogens (tertiary/aromatic N) is 4. The lowest BCUT2D eigenvalue weighted by molar-refractivity contribution is 0.380. The average Bonchev–Trinajstić information content (AvgIpc) is 3.15. The van der Waals surface area contributed by atoms with Crippen LogP contribution in [-0.4, -0.2) is 27.4 Å². The van der Waals surface area contributed by atoms with Gasteiger partial charge in [-0.1, -0.05) is 17.2 Å². The standard InChI is InChI=1S/C13H11FN4O3/c1-3-10-15-12(20-17-10)13-16-11(18-21-13)7-4-5-9(19-2)8(14)6-7/h4-6H,3H2,1-2H3. The van der Waals surface area contributed by atoms with E-state index < -0.39 is 5.82 Å². The molecule has 0 radical (unpaired) electrons. The SMILES string of the molecule is CCc1noc(-c2nc(-c3ccc(OC)c(F)c3)no2)n1. The van der Waals surface area contributed by atoms with Gasteiger partial charge >= 0.3 is 11.8 Å². The molecule has 0 fully saturated rings. The molecule has 108 valence electrons. The summed E-state index contributed by atoms with van der Waals surface area (Å²) in [4.78, 5) is 8.20. The highest BCUT2D eigenvalue weighted by Gasteiger charge is 2.17. The van der Waals surface area contributed by atoms with Crippen molar-refractivity contribution in [2.24, 2.45) is 0 Å².